The normalized spacial score (nSPS) is 14.4. The van der Waals surface area contributed by atoms with Crippen LogP contribution < -0.4 is 5.32 Å². The molecule has 0 aliphatic carbocycles. The minimum Gasteiger partial charge on any atom is -0.464 e. The summed E-state index contributed by atoms with van der Waals surface area (Å²) in [5.41, 5.74) is 2.28. The van der Waals surface area contributed by atoms with Crippen LogP contribution in [-0.2, 0) is 24.1 Å². The van der Waals surface area contributed by atoms with Gasteiger partial charge in [-0.05, 0) is 0 Å². The first-order valence-corrected chi connectivity index (χ1v) is 5.44. The van der Waals surface area contributed by atoms with E-state index in [9.17, 15) is 4.79 Å². The average Bonchev–Trinajstić information content (AvgIpc) is 2.36. The smallest absolute Gasteiger partial charge is 0.357 e. The number of carbonyl (C=O) groups is 1. The van der Waals surface area contributed by atoms with E-state index in [2.05, 4.69) is 15.3 Å². The van der Waals surface area contributed by atoms with Crippen LogP contribution in [0.1, 0.15) is 34.5 Å². The number of methoxy groups -OCH3 is 1. The molecule has 2 rings (SSSR count). The Bertz CT molecular complexity index is 418. The first-order chi connectivity index (χ1) is 7.76. The van der Waals surface area contributed by atoms with Crippen molar-refractivity contribution in [3.63, 3.8) is 0 Å². The van der Waals surface area contributed by atoms with Crippen molar-refractivity contribution in [2.24, 2.45) is 0 Å². The molecule has 0 aromatic carbocycles. The van der Waals surface area contributed by atoms with Gasteiger partial charge in [0.2, 0.25) is 0 Å². The number of ether oxygens (including phenoxy) is 1. The second kappa shape index (κ2) is 4.57. The Morgan fingerprint density at radius 2 is 2.31 bits per heavy atom. The maximum atomic E-state index is 11.6. The van der Waals surface area contributed by atoms with E-state index >= 15 is 0 Å². The van der Waals surface area contributed by atoms with Crippen molar-refractivity contribution in [3.8, 4) is 0 Å². The zero-order valence-corrected chi connectivity index (χ0v) is 9.54. The number of esters is 1. The van der Waals surface area contributed by atoms with Crippen molar-refractivity contribution in [2.75, 3.05) is 13.7 Å². The van der Waals surface area contributed by atoms with Crippen LogP contribution in [-0.4, -0.2) is 29.6 Å². The highest BCUT2D eigenvalue weighted by Gasteiger charge is 2.21. The Kier molecular flexibility index (Phi) is 3.14. The summed E-state index contributed by atoms with van der Waals surface area (Å²) < 4.78 is 4.74. The van der Waals surface area contributed by atoms with E-state index in [-0.39, 0.29) is 5.97 Å². The largest absolute Gasteiger partial charge is 0.464 e. The van der Waals surface area contributed by atoms with Crippen LogP contribution in [0.15, 0.2) is 0 Å². The number of fused-ring (bicyclic) bond motifs is 1. The molecule has 0 bridgehead atoms. The van der Waals surface area contributed by atoms with Gasteiger partial charge in [-0.1, -0.05) is 6.92 Å². The van der Waals surface area contributed by atoms with Crippen molar-refractivity contribution < 1.29 is 9.53 Å². The Labute approximate surface area is 94.2 Å². The first kappa shape index (κ1) is 11.0. The van der Waals surface area contributed by atoms with Crippen molar-refractivity contribution in [1.82, 2.24) is 15.3 Å². The number of aromatic nitrogens is 2. The number of carbonyl (C=O) groups excluding carboxylic acids is 1. The summed E-state index contributed by atoms with van der Waals surface area (Å²) >= 11 is 0. The molecule has 0 spiro atoms. The SMILES string of the molecule is CCc1nc2c(c(C(=O)OC)n1)CNCC2. The van der Waals surface area contributed by atoms with Gasteiger partial charge in [0.25, 0.3) is 0 Å². The zero-order valence-electron chi connectivity index (χ0n) is 9.54. The van der Waals surface area contributed by atoms with Crippen LogP contribution >= 0.6 is 0 Å². The van der Waals surface area contributed by atoms with Gasteiger partial charge in [0.15, 0.2) is 5.69 Å². The first-order valence-electron chi connectivity index (χ1n) is 5.44. The Balaban J connectivity index is 2.51. The van der Waals surface area contributed by atoms with Gasteiger partial charge >= 0.3 is 5.97 Å². The van der Waals surface area contributed by atoms with Crippen LogP contribution in [0.3, 0.4) is 0 Å². The molecule has 0 atom stereocenters. The summed E-state index contributed by atoms with van der Waals surface area (Å²) in [7, 11) is 1.37. The summed E-state index contributed by atoms with van der Waals surface area (Å²) in [5, 5.41) is 3.21. The number of rotatable bonds is 2. The number of nitrogens with one attached hydrogen (secondary N) is 1. The summed E-state index contributed by atoms with van der Waals surface area (Å²) in [6.07, 6.45) is 1.57. The predicted octanol–water partition coefficient (Wildman–Crippen LogP) is 0.471. The lowest BCUT2D eigenvalue weighted by Gasteiger charge is -2.18. The molecule has 1 aliphatic rings. The molecule has 0 radical (unpaired) electrons. The van der Waals surface area contributed by atoms with Crippen molar-refractivity contribution in [1.29, 1.82) is 0 Å². The molecule has 1 N–H and O–H groups in total. The van der Waals surface area contributed by atoms with Gasteiger partial charge in [-0.25, -0.2) is 14.8 Å². The van der Waals surface area contributed by atoms with E-state index in [0.717, 1.165) is 30.6 Å². The molecule has 2 heterocycles. The van der Waals surface area contributed by atoms with Crippen molar-refractivity contribution in [3.05, 3.63) is 22.8 Å². The van der Waals surface area contributed by atoms with Gasteiger partial charge in [0.1, 0.15) is 5.82 Å². The molecule has 0 fully saturated rings. The number of hydrogen-bond acceptors (Lipinski definition) is 5. The summed E-state index contributed by atoms with van der Waals surface area (Å²) in [5.74, 6) is 0.332. The van der Waals surface area contributed by atoms with E-state index in [1.807, 2.05) is 6.92 Å². The van der Waals surface area contributed by atoms with Gasteiger partial charge in [-0.2, -0.15) is 0 Å². The molecule has 16 heavy (non-hydrogen) atoms. The fourth-order valence-corrected chi connectivity index (χ4v) is 1.82. The van der Waals surface area contributed by atoms with Crippen molar-refractivity contribution >= 4 is 5.97 Å². The molecule has 1 aromatic heterocycles. The van der Waals surface area contributed by atoms with Crippen LogP contribution in [0.4, 0.5) is 0 Å². The van der Waals surface area contributed by atoms with Gasteiger partial charge < -0.3 is 10.1 Å². The highest BCUT2D eigenvalue weighted by Crippen LogP contribution is 2.16. The topological polar surface area (TPSA) is 64.1 Å². The second-order valence-corrected chi connectivity index (χ2v) is 3.69. The van der Waals surface area contributed by atoms with Gasteiger partial charge in [-0.15, -0.1) is 0 Å². The fourth-order valence-electron chi connectivity index (χ4n) is 1.82. The third kappa shape index (κ3) is 1.90. The quantitative estimate of drug-likeness (QED) is 0.735. The molecule has 1 aromatic rings. The van der Waals surface area contributed by atoms with Crippen LogP contribution in [0.2, 0.25) is 0 Å². The van der Waals surface area contributed by atoms with Gasteiger partial charge in [0, 0.05) is 31.5 Å². The van der Waals surface area contributed by atoms with Gasteiger partial charge in [-0.3, -0.25) is 0 Å². The molecule has 5 nitrogen and oxygen atoms in total. The third-order valence-corrected chi connectivity index (χ3v) is 2.67. The average molecular weight is 221 g/mol. The molecular weight excluding hydrogens is 206 g/mol. The second-order valence-electron chi connectivity index (χ2n) is 3.69. The minimum atomic E-state index is -0.378. The molecular formula is C11H15N3O2. The molecule has 0 saturated carbocycles. The highest BCUT2D eigenvalue weighted by molar-refractivity contribution is 5.89. The molecule has 0 unspecified atom stereocenters. The molecule has 0 amide bonds. The lowest BCUT2D eigenvalue weighted by molar-refractivity contribution is 0.0591. The molecule has 0 saturated heterocycles. The number of hydrogen-bond donors (Lipinski definition) is 1. The summed E-state index contributed by atoms with van der Waals surface area (Å²) in [4.78, 5) is 20.3. The van der Waals surface area contributed by atoms with E-state index in [1.165, 1.54) is 7.11 Å². The predicted molar refractivity (Wildman–Crippen MR) is 58.2 cm³/mol. The maximum Gasteiger partial charge on any atom is 0.357 e. The standard InChI is InChI=1S/C11H15N3O2/c1-3-9-13-8-4-5-12-6-7(8)10(14-9)11(15)16-2/h12H,3-6H2,1-2H3. The van der Waals surface area contributed by atoms with E-state index < -0.39 is 0 Å². The zero-order chi connectivity index (χ0) is 11.5. The third-order valence-electron chi connectivity index (χ3n) is 2.67. The highest BCUT2D eigenvalue weighted by atomic mass is 16.5. The van der Waals surface area contributed by atoms with Gasteiger partial charge in [0.05, 0.1) is 12.8 Å². The molecule has 5 heteroatoms. The number of nitrogens with zero attached hydrogens (tertiary/aromatic N) is 2. The minimum absolute atomic E-state index is 0.378. The molecule has 86 valence electrons. The Morgan fingerprint density at radius 3 is 3.00 bits per heavy atom. The van der Waals surface area contributed by atoms with E-state index in [1.54, 1.807) is 0 Å². The van der Waals surface area contributed by atoms with Crippen LogP contribution in [0, 0.1) is 0 Å². The maximum absolute atomic E-state index is 11.6. The monoisotopic (exact) mass is 221 g/mol. The number of aryl methyl sites for hydroxylation is 1. The lowest BCUT2D eigenvalue weighted by Crippen LogP contribution is -2.28. The van der Waals surface area contributed by atoms with E-state index in [0.29, 0.717) is 18.1 Å². The Hall–Kier alpha value is -1.49. The Morgan fingerprint density at radius 1 is 1.50 bits per heavy atom. The summed E-state index contributed by atoms with van der Waals surface area (Å²) in [6, 6.07) is 0. The summed E-state index contributed by atoms with van der Waals surface area (Å²) in [6.45, 7) is 3.52. The van der Waals surface area contributed by atoms with Crippen molar-refractivity contribution in [2.45, 2.75) is 26.3 Å². The van der Waals surface area contributed by atoms with Crippen LogP contribution in [0.25, 0.3) is 0 Å². The fraction of sp³-hybridized carbons (Fsp3) is 0.545. The lowest BCUT2D eigenvalue weighted by atomic mass is 10.0. The van der Waals surface area contributed by atoms with Crippen LogP contribution in [0.5, 0.6) is 0 Å². The van der Waals surface area contributed by atoms with E-state index in [4.69, 9.17) is 4.74 Å². The molecule has 1 aliphatic heterocycles.